The van der Waals surface area contributed by atoms with Crippen LogP contribution >= 0.6 is 0 Å². The lowest BCUT2D eigenvalue weighted by Crippen LogP contribution is -2.13. The lowest BCUT2D eigenvalue weighted by Gasteiger charge is -2.05. The third-order valence-corrected chi connectivity index (χ3v) is 2.66. The number of amides is 1. The number of nitrogens with zero attached hydrogens (tertiary/aromatic N) is 1. The van der Waals surface area contributed by atoms with Crippen molar-refractivity contribution >= 4 is 11.9 Å². The molecule has 0 saturated carbocycles. The molecule has 1 heterocycles. The SMILES string of the molecule is Cc1coc(NC(=O)c2cc(C#CCN)ccc2C)n1. The molecule has 0 fully saturated rings. The Morgan fingerprint density at radius 3 is 2.90 bits per heavy atom. The van der Waals surface area contributed by atoms with Gasteiger partial charge in [0.1, 0.15) is 6.26 Å². The Balaban J connectivity index is 2.24. The number of nitrogens with one attached hydrogen (secondary N) is 1. The van der Waals surface area contributed by atoms with E-state index in [9.17, 15) is 4.79 Å². The smallest absolute Gasteiger partial charge is 0.301 e. The number of aryl methyl sites for hydroxylation is 2. The maximum atomic E-state index is 12.2. The predicted molar refractivity (Wildman–Crippen MR) is 76.3 cm³/mol. The monoisotopic (exact) mass is 269 g/mol. The number of carbonyl (C=O) groups excluding carboxylic acids is 1. The summed E-state index contributed by atoms with van der Waals surface area (Å²) in [4.78, 5) is 16.2. The number of aromatic nitrogens is 1. The van der Waals surface area contributed by atoms with Crippen molar-refractivity contribution in [2.75, 3.05) is 11.9 Å². The molecule has 0 atom stereocenters. The average Bonchev–Trinajstić information content (AvgIpc) is 2.83. The highest BCUT2D eigenvalue weighted by Gasteiger charge is 2.12. The average molecular weight is 269 g/mol. The second-order valence-corrected chi connectivity index (χ2v) is 4.28. The molecule has 1 amide bonds. The van der Waals surface area contributed by atoms with E-state index in [1.807, 2.05) is 19.1 Å². The van der Waals surface area contributed by atoms with Gasteiger partial charge in [0.2, 0.25) is 0 Å². The first-order valence-electron chi connectivity index (χ1n) is 6.13. The second kappa shape index (κ2) is 6.04. The molecule has 3 N–H and O–H groups in total. The van der Waals surface area contributed by atoms with Gasteiger partial charge in [-0.3, -0.25) is 10.1 Å². The molecule has 5 nitrogen and oxygen atoms in total. The molecule has 0 unspecified atom stereocenters. The van der Waals surface area contributed by atoms with Gasteiger partial charge in [-0.25, -0.2) is 0 Å². The fourth-order valence-corrected chi connectivity index (χ4v) is 1.67. The van der Waals surface area contributed by atoms with Crippen molar-refractivity contribution in [2.45, 2.75) is 13.8 Å². The van der Waals surface area contributed by atoms with Gasteiger partial charge in [0, 0.05) is 11.1 Å². The van der Waals surface area contributed by atoms with E-state index in [-0.39, 0.29) is 18.5 Å². The zero-order valence-electron chi connectivity index (χ0n) is 11.4. The molecular weight excluding hydrogens is 254 g/mol. The van der Waals surface area contributed by atoms with Crippen LogP contribution in [0.3, 0.4) is 0 Å². The van der Waals surface area contributed by atoms with Crippen LogP contribution in [0.15, 0.2) is 28.9 Å². The molecule has 0 aliphatic rings. The highest BCUT2D eigenvalue weighted by molar-refractivity contribution is 6.04. The van der Waals surface area contributed by atoms with Gasteiger partial charge < -0.3 is 10.2 Å². The standard InChI is InChI=1S/C15H15N3O2/c1-10-5-6-12(4-3-7-16)8-13(10)14(19)18-15-17-11(2)9-20-15/h5-6,8-9H,7,16H2,1-2H3,(H,17,18,19). The minimum atomic E-state index is -0.277. The molecule has 5 heteroatoms. The number of benzene rings is 1. The highest BCUT2D eigenvalue weighted by Crippen LogP contribution is 2.14. The van der Waals surface area contributed by atoms with Crippen molar-refractivity contribution in [1.82, 2.24) is 4.98 Å². The number of oxazole rings is 1. The third kappa shape index (κ3) is 3.25. The van der Waals surface area contributed by atoms with Crippen molar-refractivity contribution in [2.24, 2.45) is 5.73 Å². The Kier molecular flexibility index (Phi) is 4.18. The first kappa shape index (κ1) is 13.8. The molecule has 102 valence electrons. The van der Waals surface area contributed by atoms with Gasteiger partial charge in [0.25, 0.3) is 5.91 Å². The summed E-state index contributed by atoms with van der Waals surface area (Å²) in [6.45, 7) is 3.92. The molecule has 0 spiro atoms. The first-order valence-corrected chi connectivity index (χ1v) is 6.13. The van der Waals surface area contributed by atoms with Crippen LogP contribution in [0.1, 0.15) is 27.2 Å². The Hall–Kier alpha value is -2.58. The molecule has 0 radical (unpaired) electrons. The second-order valence-electron chi connectivity index (χ2n) is 4.28. The van der Waals surface area contributed by atoms with Gasteiger partial charge in [-0.15, -0.1) is 0 Å². The van der Waals surface area contributed by atoms with Crippen molar-refractivity contribution in [1.29, 1.82) is 0 Å². The lowest BCUT2D eigenvalue weighted by atomic mass is 10.0. The topological polar surface area (TPSA) is 81.2 Å². The normalized spacial score (nSPS) is 9.75. The quantitative estimate of drug-likeness (QED) is 0.815. The van der Waals surface area contributed by atoms with E-state index >= 15 is 0 Å². The molecule has 1 aromatic heterocycles. The number of rotatable bonds is 2. The largest absolute Gasteiger partial charge is 0.432 e. The van der Waals surface area contributed by atoms with E-state index in [4.69, 9.17) is 10.2 Å². The van der Waals surface area contributed by atoms with E-state index in [1.165, 1.54) is 6.26 Å². The summed E-state index contributed by atoms with van der Waals surface area (Å²) in [5.41, 5.74) is 8.17. The molecule has 0 saturated heterocycles. The summed E-state index contributed by atoms with van der Waals surface area (Å²) in [6, 6.07) is 5.61. The van der Waals surface area contributed by atoms with E-state index < -0.39 is 0 Å². The van der Waals surface area contributed by atoms with Crippen LogP contribution in [0.25, 0.3) is 0 Å². The summed E-state index contributed by atoms with van der Waals surface area (Å²) in [5, 5.41) is 2.61. The van der Waals surface area contributed by atoms with Gasteiger partial charge in [-0.2, -0.15) is 4.98 Å². The Labute approximate surface area is 117 Å². The molecule has 0 aliphatic heterocycles. The molecule has 2 aromatic rings. The van der Waals surface area contributed by atoms with Crippen LogP contribution in [0.4, 0.5) is 6.01 Å². The third-order valence-electron chi connectivity index (χ3n) is 2.66. The van der Waals surface area contributed by atoms with E-state index in [0.717, 1.165) is 11.1 Å². The summed E-state index contributed by atoms with van der Waals surface area (Å²) in [6.07, 6.45) is 1.48. The maximum Gasteiger partial charge on any atom is 0.301 e. The predicted octanol–water partition coefficient (Wildman–Crippen LogP) is 1.85. The van der Waals surface area contributed by atoms with Gasteiger partial charge in [-0.1, -0.05) is 17.9 Å². The number of hydrogen-bond donors (Lipinski definition) is 2. The zero-order chi connectivity index (χ0) is 14.5. The van der Waals surface area contributed by atoms with Gasteiger partial charge in [-0.05, 0) is 31.5 Å². The van der Waals surface area contributed by atoms with Crippen LogP contribution in [-0.2, 0) is 0 Å². The molecule has 2 rings (SSSR count). The molecule has 0 aliphatic carbocycles. The van der Waals surface area contributed by atoms with Crippen molar-refractivity contribution in [3.05, 3.63) is 46.8 Å². The van der Waals surface area contributed by atoms with Crippen LogP contribution in [-0.4, -0.2) is 17.4 Å². The number of nitrogens with two attached hydrogens (primary N) is 1. The minimum absolute atomic E-state index is 0.186. The van der Waals surface area contributed by atoms with Crippen molar-refractivity contribution < 1.29 is 9.21 Å². The molecule has 0 bridgehead atoms. The zero-order valence-corrected chi connectivity index (χ0v) is 11.4. The number of carbonyl (C=O) groups is 1. The Morgan fingerprint density at radius 1 is 1.45 bits per heavy atom. The molecular formula is C15H15N3O2. The van der Waals surface area contributed by atoms with E-state index in [0.29, 0.717) is 11.3 Å². The van der Waals surface area contributed by atoms with Crippen LogP contribution in [0.5, 0.6) is 0 Å². The lowest BCUT2D eigenvalue weighted by molar-refractivity contribution is 0.102. The summed E-state index contributed by atoms with van der Waals surface area (Å²) < 4.78 is 5.10. The van der Waals surface area contributed by atoms with Gasteiger partial charge in [0.05, 0.1) is 12.2 Å². The minimum Gasteiger partial charge on any atom is -0.432 e. The van der Waals surface area contributed by atoms with E-state index in [2.05, 4.69) is 22.1 Å². The number of anilines is 1. The Morgan fingerprint density at radius 2 is 2.25 bits per heavy atom. The van der Waals surface area contributed by atoms with Crippen molar-refractivity contribution in [3.63, 3.8) is 0 Å². The Bertz CT molecular complexity index is 693. The fourth-order valence-electron chi connectivity index (χ4n) is 1.67. The number of hydrogen-bond acceptors (Lipinski definition) is 4. The first-order chi connectivity index (χ1) is 9.60. The van der Waals surface area contributed by atoms with E-state index in [1.54, 1.807) is 13.0 Å². The maximum absolute atomic E-state index is 12.2. The van der Waals surface area contributed by atoms with Crippen molar-refractivity contribution in [3.8, 4) is 11.8 Å². The molecule has 20 heavy (non-hydrogen) atoms. The highest BCUT2D eigenvalue weighted by atomic mass is 16.4. The van der Waals surface area contributed by atoms with Gasteiger partial charge >= 0.3 is 6.01 Å². The van der Waals surface area contributed by atoms with Crippen LogP contribution < -0.4 is 11.1 Å². The molecule has 1 aromatic carbocycles. The van der Waals surface area contributed by atoms with Crippen LogP contribution in [0.2, 0.25) is 0 Å². The van der Waals surface area contributed by atoms with Crippen LogP contribution in [0, 0.1) is 25.7 Å². The fraction of sp³-hybridized carbons (Fsp3) is 0.200. The van der Waals surface area contributed by atoms with Gasteiger partial charge in [0.15, 0.2) is 0 Å². The summed E-state index contributed by atoms with van der Waals surface area (Å²) >= 11 is 0. The summed E-state index contributed by atoms with van der Waals surface area (Å²) in [7, 11) is 0. The summed E-state index contributed by atoms with van der Waals surface area (Å²) in [5.74, 6) is 5.38.